The van der Waals surface area contributed by atoms with Crippen molar-refractivity contribution in [3.05, 3.63) is 60.2 Å². The first-order chi connectivity index (χ1) is 14.0. The van der Waals surface area contributed by atoms with E-state index in [0.717, 1.165) is 5.56 Å². The molecule has 2 aromatic rings. The van der Waals surface area contributed by atoms with E-state index < -0.39 is 16.1 Å². The van der Waals surface area contributed by atoms with Crippen LogP contribution in [0.15, 0.2) is 59.5 Å². The second-order valence-electron chi connectivity index (χ2n) is 6.41. The maximum Gasteiger partial charge on any atom is 0.241 e. The van der Waals surface area contributed by atoms with Gasteiger partial charge in [-0.25, -0.2) is 8.42 Å². The number of ether oxygens (including phenoxy) is 2. The zero-order chi connectivity index (χ0) is 21.1. The molecule has 8 heteroatoms. The smallest absolute Gasteiger partial charge is 0.241 e. The van der Waals surface area contributed by atoms with Gasteiger partial charge in [0.1, 0.15) is 11.8 Å². The van der Waals surface area contributed by atoms with Crippen LogP contribution >= 0.6 is 0 Å². The summed E-state index contributed by atoms with van der Waals surface area (Å²) in [6.45, 7) is 3.27. The predicted octanol–water partition coefficient (Wildman–Crippen LogP) is 2.13. The first kappa shape index (κ1) is 22.9. The number of benzene rings is 2. The summed E-state index contributed by atoms with van der Waals surface area (Å²) < 4.78 is 38.5. The van der Waals surface area contributed by atoms with Gasteiger partial charge in [-0.05, 0) is 49.6 Å². The molecular weight excluding hydrogens is 392 g/mol. The summed E-state index contributed by atoms with van der Waals surface area (Å²) in [5.74, 6) is 0.211. The number of rotatable bonds is 12. The number of nitrogens with one attached hydrogen (secondary N) is 2. The Morgan fingerprint density at radius 1 is 1.07 bits per heavy atom. The zero-order valence-electron chi connectivity index (χ0n) is 16.8. The first-order valence-electron chi connectivity index (χ1n) is 9.52. The van der Waals surface area contributed by atoms with Crippen LogP contribution in [0.5, 0.6) is 5.75 Å². The molecule has 0 heterocycles. The number of amides is 1. The topological polar surface area (TPSA) is 93.7 Å². The van der Waals surface area contributed by atoms with Gasteiger partial charge in [0.2, 0.25) is 15.9 Å². The molecule has 1 unspecified atom stereocenters. The molecule has 0 aromatic heterocycles. The highest BCUT2D eigenvalue weighted by atomic mass is 32.2. The van der Waals surface area contributed by atoms with E-state index in [9.17, 15) is 13.2 Å². The van der Waals surface area contributed by atoms with Crippen LogP contribution in [-0.2, 0) is 26.0 Å². The Balaban J connectivity index is 2.14. The van der Waals surface area contributed by atoms with Gasteiger partial charge in [0.05, 0.1) is 11.5 Å². The van der Waals surface area contributed by atoms with Crippen LogP contribution < -0.4 is 14.8 Å². The zero-order valence-corrected chi connectivity index (χ0v) is 17.6. The number of methoxy groups -OCH3 is 1. The molecule has 0 spiro atoms. The molecule has 2 N–H and O–H groups in total. The average Bonchev–Trinajstić information content (AvgIpc) is 2.72. The lowest BCUT2D eigenvalue weighted by Gasteiger charge is -2.19. The second-order valence-corrected chi connectivity index (χ2v) is 8.12. The summed E-state index contributed by atoms with van der Waals surface area (Å²) in [6, 6.07) is 14.5. The van der Waals surface area contributed by atoms with E-state index in [1.807, 2.05) is 37.3 Å². The van der Waals surface area contributed by atoms with Crippen molar-refractivity contribution in [2.24, 2.45) is 0 Å². The summed E-state index contributed by atoms with van der Waals surface area (Å²) in [6.07, 6.45) is 0.888. The molecule has 0 aliphatic heterocycles. The van der Waals surface area contributed by atoms with Gasteiger partial charge >= 0.3 is 0 Å². The number of sulfonamides is 1. The Kier molecular flexibility index (Phi) is 9.11. The Hall–Kier alpha value is -2.42. The molecule has 1 atom stereocenters. The van der Waals surface area contributed by atoms with E-state index in [4.69, 9.17) is 9.47 Å². The van der Waals surface area contributed by atoms with Gasteiger partial charge in [-0.3, -0.25) is 4.79 Å². The van der Waals surface area contributed by atoms with Gasteiger partial charge < -0.3 is 14.8 Å². The molecule has 0 saturated carbocycles. The third kappa shape index (κ3) is 7.49. The lowest BCUT2D eigenvalue weighted by Crippen LogP contribution is -2.48. The number of hydrogen-bond donors (Lipinski definition) is 2. The standard InChI is InChI=1S/C21H28N2O5S/c1-3-28-18-10-12-19(13-11-18)29(25,26)23-20(16-17-8-5-4-6-9-17)21(24)22-14-7-15-27-2/h4-6,8-13,20,23H,3,7,14-16H2,1-2H3,(H,22,24). The maximum absolute atomic E-state index is 12.8. The van der Waals surface area contributed by atoms with Crippen molar-refractivity contribution in [1.82, 2.24) is 10.0 Å². The van der Waals surface area contributed by atoms with Gasteiger partial charge in [-0.1, -0.05) is 30.3 Å². The molecule has 0 radical (unpaired) electrons. The van der Waals surface area contributed by atoms with Crippen molar-refractivity contribution in [2.75, 3.05) is 26.9 Å². The number of hydrogen-bond acceptors (Lipinski definition) is 5. The van der Waals surface area contributed by atoms with E-state index in [1.54, 1.807) is 19.2 Å². The summed E-state index contributed by atoms with van der Waals surface area (Å²) in [5, 5.41) is 2.77. The summed E-state index contributed by atoms with van der Waals surface area (Å²) >= 11 is 0. The molecule has 1 amide bonds. The lowest BCUT2D eigenvalue weighted by atomic mass is 10.1. The minimum absolute atomic E-state index is 0.0752. The van der Waals surface area contributed by atoms with Gasteiger partial charge in [0.25, 0.3) is 0 Å². The van der Waals surface area contributed by atoms with Crippen LogP contribution in [0.25, 0.3) is 0 Å². The Morgan fingerprint density at radius 3 is 2.38 bits per heavy atom. The first-order valence-corrected chi connectivity index (χ1v) is 11.0. The fraction of sp³-hybridized carbons (Fsp3) is 0.381. The van der Waals surface area contributed by atoms with Gasteiger partial charge in [-0.2, -0.15) is 4.72 Å². The molecule has 0 aliphatic rings. The van der Waals surface area contributed by atoms with E-state index in [2.05, 4.69) is 10.0 Å². The van der Waals surface area contributed by atoms with E-state index in [0.29, 0.717) is 31.9 Å². The van der Waals surface area contributed by atoms with Crippen LogP contribution in [0.1, 0.15) is 18.9 Å². The molecule has 29 heavy (non-hydrogen) atoms. The Morgan fingerprint density at radius 2 is 1.76 bits per heavy atom. The number of carbonyl (C=O) groups excluding carboxylic acids is 1. The quantitative estimate of drug-likeness (QED) is 0.513. The Bertz CT molecular complexity index is 854. The van der Waals surface area contributed by atoms with E-state index in [1.165, 1.54) is 12.1 Å². The van der Waals surface area contributed by atoms with Gasteiger partial charge in [-0.15, -0.1) is 0 Å². The van der Waals surface area contributed by atoms with Gasteiger partial charge in [0.15, 0.2) is 0 Å². The molecule has 158 valence electrons. The largest absolute Gasteiger partial charge is 0.494 e. The van der Waals surface area contributed by atoms with Crippen LogP contribution in [0.4, 0.5) is 0 Å². The third-order valence-corrected chi connectivity index (χ3v) is 5.65. The average molecular weight is 421 g/mol. The fourth-order valence-electron chi connectivity index (χ4n) is 2.73. The van der Waals surface area contributed by atoms with Crippen LogP contribution in [0.2, 0.25) is 0 Å². The van der Waals surface area contributed by atoms with E-state index >= 15 is 0 Å². The van der Waals surface area contributed by atoms with Crippen molar-refractivity contribution in [3.8, 4) is 5.75 Å². The minimum Gasteiger partial charge on any atom is -0.494 e. The molecular formula is C21H28N2O5S. The van der Waals surface area contributed by atoms with Crippen LogP contribution in [-0.4, -0.2) is 47.2 Å². The van der Waals surface area contributed by atoms with E-state index in [-0.39, 0.29) is 17.2 Å². The highest BCUT2D eigenvalue weighted by molar-refractivity contribution is 7.89. The molecule has 0 saturated heterocycles. The van der Waals surface area contributed by atoms with Gasteiger partial charge in [0, 0.05) is 20.3 Å². The fourth-order valence-corrected chi connectivity index (χ4v) is 3.92. The minimum atomic E-state index is -3.88. The SMILES string of the molecule is CCOc1ccc(S(=O)(=O)NC(Cc2ccccc2)C(=O)NCCCOC)cc1. The molecule has 7 nitrogen and oxygen atoms in total. The van der Waals surface area contributed by atoms with Crippen LogP contribution in [0.3, 0.4) is 0 Å². The summed E-state index contributed by atoms with van der Waals surface area (Å²) in [7, 11) is -2.29. The van der Waals surface area contributed by atoms with Crippen LogP contribution in [0, 0.1) is 0 Å². The summed E-state index contributed by atoms with van der Waals surface area (Å²) in [4.78, 5) is 12.7. The van der Waals surface area contributed by atoms with Crippen molar-refractivity contribution in [1.29, 1.82) is 0 Å². The highest BCUT2D eigenvalue weighted by Crippen LogP contribution is 2.17. The van der Waals surface area contributed by atoms with Crippen molar-refractivity contribution >= 4 is 15.9 Å². The molecule has 0 bridgehead atoms. The lowest BCUT2D eigenvalue weighted by molar-refractivity contribution is -0.122. The normalized spacial score (nSPS) is 12.3. The monoisotopic (exact) mass is 420 g/mol. The summed E-state index contributed by atoms with van der Waals surface area (Å²) in [5.41, 5.74) is 0.860. The number of carbonyl (C=O) groups is 1. The maximum atomic E-state index is 12.8. The van der Waals surface area contributed by atoms with Crippen molar-refractivity contribution in [3.63, 3.8) is 0 Å². The molecule has 2 rings (SSSR count). The molecule has 2 aromatic carbocycles. The highest BCUT2D eigenvalue weighted by Gasteiger charge is 2.26. The molecule has 0 fully saturated rings. The third-order valence-electron chi connectivity index (χ3n) is 4.17. The Labute approximate surface area is 172 Å². The van der Waals surface area contributed by atoms with Crippen molar-refractivity contribution in [2.45, 2.75) is 30.7 Å². The molecule has 0 aliphatic carbocycles. The predicted molar refractivity (Wildman–Crippen MR) is 111 cm³/mol. The second kappa shape index (κ2) is 11.5. The van der Waals surface area contributed by atoms with Crippen molar-refractivity contribution < 1.29 is 22.7 Å².